The normalized spacial score (nSPS) is 13.6. The summed E-state index contributed by atoms with van der Waals surface area (Å²) in [4.78, 5) is 0.203. The molecule has 6 heteroatoms. The maximum absolute atomic E-state index is 12.3. The van der Waals surface area contributed by atoms with E-state index in [1.807, 2.05) is 6.92 Å². The van der Waals surface area contributed by atoms with Gasteiger partial charge < -0.3 is 10.8 Å². The van der Waals surface area contributed by atoms with Gasteiger partial charge in [-0.1, -0.05) is 13.0 Å². The zero-order valence-electron chi connectivity index (χ0n) is 10.9. The predicted octanol–water partition coefficient (Wildman–Crippen LogP) is 0.935. The highest BCUT2D eigenvalue weighted by molar-refractivity contribution is 7.89. The van der Waals surface area contributed by atoms with E-state index in [1.165, 1.54) is 0 Å². The molecular formula is C12H20N2O3S. The number of anilines is 1. The number of benzene rings is 1. The second kappa shape index (κ2) is 5.69. The molecule has 0 heterocycles. The largest absolute Gasteiger partial charge is 0.398 e. The van der Waals surface area contributed by atoms with E-state index in [9.17, 15) is 8.42 Å². The highest BCUT2D eigenvalue weighted by Crippen LogP contribution is 2.24. The first-order valence-corrected chi connectivity index (χ1v) is 7.30. The van der Waals surface area contributed by atoms with Crippen molar-refractivity contribution in [3.8, 4) is 0 Å². The molecule has 0 bridgehead atoms. The molecule has 0 amide bonds. The third-order valence-corrected chi connectivity index (χ3v) is 4.76. The Morgan fingerprint density at radius 2 is 2.00 bits per heavy atom. The van der Waals surface area contributed by atoms with E-state index in [2.05, 4.69) is 4.72 Å². The fourth-order valence-electron chi connectivity index (χ4n) is 1.78. The van der Waals surface area contributed by atoms with Gasteiger partial charge in [0.15, 0.2) is 0 Å². The van der Waals surface area contributed by atoms with Crippen LogP contribution in [0, 0.1) is 13.8 Å². The van der Waals surface area contributed by atoms with Crippen LogP contribution in [0.3, 0.4) is 0 Å². The molecule has 0 saturated carbocycles. The Morgan fingerprint density at radius 3 is 2.50 bits per heavy atom. The van der Waals surface area contributed by atoms with Crippen LogP contribution in [0.2, 0.25) is 0 Å². The minimum absolute atomic E-state index is 0.203. The zero-order chi connectivity index (χ0) is 13.9. The molecule has 1 atom stereocenters. The Morgan fingerprint density at radius 1 is 1.39 bits per heavy atom. The fraction of sp³-hybridized carbons (Fsp3) is 0.500. The number of aliphatic hydroxyl groups excluding tert-OH is 1. The third-order valence-electron chi connectivity index (χ3n) is 2.95. The van der Waals surface area contributed by atoms with Crippen molar-refractivity contribution in [3.63, 3.8) is 0 Å². The number of nitrogen functional groups attached to an aromatic ring is 1. The second-order valence-electron chi connectivity index (χ2n) is 4.33. The Balaban J connectivity index is 3.25. The third kappa shape index (κ3) is 3.01. The van der Waals surface area contributed by atoms with Crippen molar-refractivity contribution in [2.75, 3.05) is 12.3 Å². The van der Waals surface area contributed by atoms with E-state index in [4.69, 9.17) is 10.8 Å². The minimum Gasteiger partial charge on any atom is -0.398 e. The van der Waals surface area contributed by atoms with Crippen LogP contribution in [0.1, 0.15) is 24.5 Å². The quantitative estimate of drug-likeness (QED) is 0.695. The van der Waals surface area contributed by atoms with Gasteiger partial charge in [0.2, 0.25) is 10.0 Å². The van der Waals surface area contributed by atoms with Gasteiger partial charge in [0.25, 0.3) is 0 Å². The lowest BCUT2D eigenvalue weighted by Gasteiger charge is -2.18. The van der Waals surface area contributed by atoms with E-state index in [0.717, 1.165) is 0 Å². The van der Waals surface area contributed by atoms with E-state index in [0.29, 0.717) is 23.2 Å². The van der Waals surface area contributed by atoms with Crippen LogP contribution in [0.25, 0.3) is 0 Å². The van der Waals surface area contributed by atoms with Crippen molar-refractivity contribution >= 4 is 15.7 Å². The van der Waals surface area contributed by atoms with Crippen molar-refractivity contribution in [1.82, 2.24) is 4.72 Å². The molecule has 4 N–H and O–H groups in total. The molecule has 5 nitrogen and oxygen atoms in total. The number of sulfonamides is 1. The molecule has 0 saturated heterocycles. The maximum Gasteiger partial charge on any atom is 0.241 e. The van der Waals surface area contributed by atoms with Crippen LogP contribution in [-0.4, -0.2) is 26.2 Å². The molecule has 1 aromatic carbocycles. The summed E-state index contributed by atoms with van der Waals surface area (Å²) in [7, 11) is -3.66. The minimum atomic E-state index is -3.66. The van der Waals surface area contributed by atoms with E-state index < -0.39 is 16.1 Å². The molecule has 0 aromatic heterocycles. The molecule has 102 valence electrons. The number of hydrogen-bond donors (Lipinski definition) is 3. The van der Waals surface area contributed by atoms with Gasteiger partial charge in [0, 0.05) is 11.7 Å². The second-order valence-corrected chi connectivity index (χ2v) is 5.99. The first-order valence-electron chi connectivity index (χ1n) is 5.82. The monoisotopic (exact) mass is 272 g/mol. The average Bonchev–Trinajstić information content (AvgIpc) is 2.31. The Bertz CT molecular complexity index is 522. The molecule has 0 fully saturated rings. The molecule has 0 spiro atoms. The number of aryl methyl sites for hydroxylation is 1. The lowest BCUT2D eigenvalue weighted by molar-refractivity contribution is 0.254. The topological polar surface area (TPSA) is 92.4 Å². The van der Waals surface area contributed by atoms with E-state index >= 15 is 0 Å². The summed E-state index contributed by atoms with van der Waals surface area (Å²) in [5, 5.41) is 9.08. The number of nitrogens with one attached hydrogen (secondary N) is 1. The number of nitrogens with two attached hydrogens (primary N) is 1. The SMILES string of the molecule is CC[C@H](CO)NS(=O)(=O)c1c(C)ccc(N)c1C. The Hall–Kier alpha value is -1.11. The maximum atomic E-state index is 12.3. The summed E-state index contributed by atoms with van der Waals surface area (Å²) < 4.78 is 27.0. The van der Waals surface area contributed by atoms with Crippen LogP contribution in [0.15, 0.2) is 17.0 Å². The highest BCUT2D eigenvalue weighted by Gasteiger charge is 2.23. The molecule has 1 rings (SSSR count). The van der Waals surface area contributed by atoms with Crippen molar-refractivity contribution in [2.45, 2.75) is 38.1 Å². The van der Waals surface area contributed by atoms with E-state index in [1.54, 1.807) is 26.0 Å². The molecule has 18 heavy (non-hydrogen) atoms. The number of hydrogen-bond acceptors (Lipinski definition) is 4. The summed E-state index contributed by atoms with van der Waals surface area (Å²) in [6.07, 6.45) is 0.524. The summed E-state index contributed by atoms with van der Waals surface area (Å²) in [6.45, 7) is 4.98. The van der Waals surface area contributed by atoms with Gasteiger partial charge in [-0.15, -0.1) is 0 Å². The van der Waals surface area contributed by atoms with Crippen molar-refractivity contribution in [3.05, 3.63) is 23.3 Å². The highest BCUT2D eigenvalue weighted by atomic mass is 32.2. The van der Waals surface area contributed by atoms with Gasteiger partial charge in [0.05, 0.1) is 11.5 Å². The van der Waals surface area contributed by atoms with Gasteiger partial charge in [0.1, 0.15) is 0 Å². The predicted molar refractivity (Wildman–Crippen MR) is 71.8 cm³/mol. The number of aliphatic hydroxyl groups is 1. The summed E-state index contributed by atoms with van der Waals surface area (Å²) in [5.41, 5.74) is 7.36. The van der Waals surface area contributed by atoms with Crippen molar-refractivity contribution in [2.24, 2.45) is 0 Å². The van der Waals surface area contributed by atoms with Crippen LogP contribution in [0.4, 0.5) is 5.69 Å². The number of rotatable bonds is 5. The molecule has 0 aliphatic rings. The molecule has 1 aromatic rings. The molecular weight excluding hydrogens is 252 g/mol. The lowest BCUT2D eigenvalue weighted by Crippen LogP contribution is -2.37. The van der Waals surface area contributed by atoms with Gasteiger partial charge in [-0.05, 0) is 37.5 Å². The van der Waals surface area contributed by atoms with E-state index in [-0.39, 0.29) is 11.5 Å². The lowest BCUT2D eigenvalue weighted by atomic mass is 10.1. The standard InChI is InChI=1S/C12H20N2O3S/c1-4-10(7-15)14-18(16,17)12-8(2)5-6-11(13)9(12)3/h5-6,10,14-15H,4,7,13H2,1-3H3/t10-/m1/s1. The summed E-state index contributed by atoms with van der Waals surface area (Å²) in [6, 6.07) is 2.89. The summed E-state index contributed by atoms with van der Waals surface area (Å²) >= 11 is 0. The van der Waals surface area contributed by atoms with Crippen LogP contribution in [0.5, 0.6) is 0 Å². The van der Waals surface area contributed by atoms with Gasteiger partial charge in [-0.25, -0.2) is 13.1 Å². The molecule has 0 radical (unpaired) electrons. The van der Waals surface area contributed by atoms with Gasteiger partial charge in [-0.3, -0.25) is 0 Å². The molecule has 0 aliphatic carbocycles. The Labute approximate surface area is 108 Å². The Kier molecular flexibility index (Phi) is 4.72. The van der Waals surface area contributed by atoms with Crippen LogP contribution in [-0.2, 0) is 10.0 Å². The summed E-state index contributed by atoms with van der Waals surface area (Å²) in [5.74, 6) is 0. The molecule has 0 unspecified atom stereocenters. The van der Waals surface area contributed by atoms with Crippen molar-refractivity contribution in [1.29, 1.82) is 0 Å². The van der Waals surface area contributed by atoms with Crippen molar-refractivity contribution < 1.29 is 13.5 Å². The smallest absolute Gasteiger partial charge is 0.241 e. The first kappa shape index (κ1) is 14.9. The zero-order valence-corrected chi connectivity index (χ0v) is 11.7. The molecule has 0 aliphatic heterocycles. The van der Waals surface area contributed by atoms with Gasteiger partial charge >= 0.3 is 0 Å². The van der Waals surface area contributed by atoms with Crippen LogP contribution >= 0.6 is 0 Å². The van der Waals surface area contributed by atoms with Gasteiger partial charge in [-0.2, -0.15) is 0 Å². The first-order chi connectivity index (χ1) is 8.33. The van der Waals surface area contributed by atoms with Crippen LogP contribution < -0.4 is 10.5 Å². The fourth-order valence-corrected chi connectivity index (χ4v) is 3.59. The average molecular weight is 272 g/mol.